The quantitative estimate of drug-likeness (QED) is 0.450. The van der Waals surface area contributed by atoms with E-state index in [2.05, 4.69) is 18.6 Å². The van der Waals surface area contributed by atoms with Gasteiger partial charge in [-0.15, -0.1) is 6.54 Å². The number of hydrogen-bond donors (Lipinski definition) is 0. The first-order chi connectivity index (χ1) is 12.6. The first kappa shape index (κ1) is 25.7. The summed E-state index contributed by atoms with van der Waals surface area (Å²) in [6, 6.07) is 14.8. The summed E-state index contributed by atoms with van der Waals surface area (Å²) in [4.78, 5) is 0. The molecular formula is C20H22ClF3NNaOS. The van der Waals surface area contributed by atoms with Crippen LogP contribution in [0.3, 0.4) is 0 Å². The molecule has 2 aromatic carbocycles. The van der Waals surface area contributed by atoms with Gasteiger partial charge in [-0.3, -0.25) is 0 Å². The molecule has 0 fully saturated rings. The van der Waals surface area contributed by atoms with Crippen molar-refractivity contribution in [2.45, 2.75) is 44.2 Å². The molecular weight excluding hydrogens is 418 g/mol. The van der Waals surface area contributed by atoms with E-state index in [4.69, 9.17) is 16.3 Å². The van der Waals surface area contributed by atoms with E-state index in [1.165, 1.54) is 5.56 Å². The fourth-order valence-corrected chi connectivity index (χ4v) is 3.22. The van der Waals surface area contributed by atoms with Crippen molar-refractivity contribution in [3.63, 3.8) is 0 Å². The van der Waals surface area contributed by atoms with Crippen LogP contribution < -0.4 is 34.3 Å². The summed E-state index contributed by atoms with van der Waals surface area (Å²) in [5.41, 5.74) is -3.25. The van der Waals surface area contributed by atoms with Crippen LogP contribution in [0, 0.1) is 0 Å². The van der Waals surface area contributed by atoms with Crippen LogP contribution in [0.5, 0.6) is 5.75 Å². The van der Waals surface area contributed by atoms with Gasteiger partial charge in [-0.25, -0.2) is 0 Å². The zero-order valence-electron chi connectivity index (χ0n) is 16.4. The maximum atomic E-state index is 12.5. The fourth-order valence-electron chi connectivity index (χ4n) is 2.61. The molecule has 0 radical (unpaired) electrons. The molecule has 0 aliphatic rings. The van der Waals surface area contributed by atoms with Gasteiger partial charge >= 0.3 is 35.1 Å². The normalized spacial score (nSPS) is 13.7. The fraction of sp³-hybridized carbons (Fsp3) is 0.400. The van der Waals surface area contributed by atoms with Gasteiger partial charge in [0.25, 0.3) is 0 Å². The van der Waals surface area contributed by atoms with Crippen molar-refractivity contribution in [3.8, 4) is 5.75 Å². The Bertz CT molecular complexity index is 726. The second-order valence-electron chi connectivity index (χ2n) is 6.90. The number of nitrogens with zero attached hydrogens (tertiary/aromatic N) is 1. The third-order valence-corrected chi connectivity index (χ3v) is 4.69. The predicted octanol–water partition coefficient (Wildman–Crippen LogP) is 4.39. The molecule has 2 rings (SSSR count). The van der Waals surface area contributed by atoms with Gasteiger partial charge in [0, 0.05) is 11.4 Å². The zero-order valence-corrected chi connectivity index (χ0v) is 20.0. The minimum Gasteiger partial charge on any atom is -0.596 e. The topological polar surface area (TPSA) is 23.3 Å². The molecule has 2 nitrogen and oxygen atoms in total. The van der Waals surface area contributed by atoms with Crippen molar-refractivity contribution in [3.05, 3.63) is 69.4 Å². The molecule has 1 atom stereocenters. The minimum atomic E-state index is -4.40. The Morgan fingerprint density at radius 3 is 2.11 bits per heavy atom. The van der Waals surface area contributed by atoms with Crippen LogP contribution in [0.1, 0.15) is 37.8 Å². The number of alkyl halides is 3. The van der Waals surface area contributed by atoms with Gasteiger partial charge in [0.05, 0.1) is 5.60 Å². The summed E-state index contributed by atoms with van der Waals surface area (Å²) in [6.07, 6.45) is 0.401. The molecule has 0 bridgehead atoms. The summed E-state index contributed by atoms with van der Waals surface area (Å²) in [5.74, 6) is 0.987. The van der Waals surface area contributed by atoms with Crippen LogP contribution in [-0.4, -0.2) is 17.7 Å². The molecule has 2 aromatic rings. The molecule has 0 saturated carbocycles. The minimum absolute atomic E-state index is 0. The summed E-state index contributed by atoms with van der Waals surface area (Å²) in [5, 5.41) is 0.600. The first-order valence-corrected chi connectivity index (χ1v) is 9.67. The van der Waals surface area contributed by atoms with Crippen LogP contribution >= 0.6 is 23.5 Å². The maximum absolute atomic E-state index is 12.5. The van der Waals surface area contributed by atoms with E-state index < -0.39 is 11.1 Å². The van der Waals surface area contributed by atoms with Crippen LogP contribution in [0.25, 0.3) is 4.72 Å². The molecule has 0 aliphatic carbocycles. The molecule has 1 unspecified atom stereocenters. The second kappa shape index (κ2) is 11.1. The van der Waals surface area contributed by atoms with Gasteiger partial charge < -0.3 is 9.46 Å². The predicted molar refractivity (Wildman–Crippen MR) is 107 cm³/mol. The number of benzene rings is 2. The summed E-state index contributed by atoms with van der Waals surface area (Å²) < 4.78 is 47.1. The SMILES string of the molecule is CC(C)c1ccc(OC(C)(C[N-]SC(F)(F)F)Cc2ccc(Cl)cc2)cc1.[Na+]. The number of halogens is 4. The number of rotatable bonds is 8. The molecule has 0 amide bonds. The Kier molecular flexibility index (Phi) is 10.2. The molecule has 148 valence electrons. The van der Waals surface area contributed by atoms with Crippen LogP contribution in [-0.2, 0) is 6.42 Å². The molecule has 0 aromatic heterocycles. The Labute approximate surface area is 196 Å². The molecule has 8 heteroatoms. The van der Waals surface area contributed by atoms with Gasteiger partial charge in [-0.2, -0.15) is 25.1 Å². The smallest absolute Gasteiger partial charge is 0.596 e. The van der Waals surface area contributed by atoms with Crippen molar-refractivity contribution < 1.29 is 47.5 Å². The third kappa shape index (κ3) is 8.97. The van der Waals surface area contributed by atoms with Crippen LogP contribution in [0.4, 0.5) is 13.2 Å². The molecule has 0 saturated heterocycles. The van der Waals surface area contributed by atoms with Gasteiger partial charge in [-0.1, -0.05) is 49.7 Å². The molecule has 0 aliphatic heterocycles. The van der Waals surface area contributed by atoms with Crippen molar-refractivity contribution in [2.24, 2.45) is 0 Å². The zero-order chi connectivity index (χ0) is 20.1. The number of ether oxygens (including phenoxy) is 1. The van der Waals surface area contributed by atoms with E-state index in [9.17, 15) is 13.2 Å². The Morgan fingerprint density at radius 1 is 1.04 bits per heavy atom. The van der Waals surface area contributed by atoms with Crippen LogP contribution in [0.15, 0.2) is 48.5 Å². The Hall–Kier alpha value is -0.370. The largest absolute Gasteiger partial charge is 1.00 e. The average molecular weight is 440 g/mol. The molecule has 28 heavy (non-hydrogen) atoms. The third-order valence-electron chi connectivity index (χ3n) is 3.97. The van der Waals surface area contributed by atoms with E-state index in [1.54, 1.807) is 19.1 Å². The molecule has 0 spiro atoms. The molecule has 0 heterocycles. The van der Waals surface area contributed by atoms with Gasteiger partial charge in [-0.05, 0) is 48.2 Å². The van der Waals surface area contributed by atoms with Crippen molar-refractivity contribution in [1.82, 2.24) is 0 Å². The second-order valence-corrected chi connectivity index (χ2v) is 8.24. The van der Waals surface area contributed by atoms with E-state index in [0.29, 0.717) is 23.1 Å². The van der Waals surface area contributed by atoms with Crippen LogP contribution in [0.2, 0.25) is 5.02 Å². The standard InChI is InChI=1S/C20H22ClF3NOS.Na/c1-14(2)16-6-10-18(11-7-16)26-19(3,13-25-27-20(22,23)24)12-15-4-8-17(21)9-5-15;/h4-11,14H,12-13H2,1-3H3;/q-1;+1. The average Bonchev–Trinajstić information content (AvgIpc) is 2.56. The Balaban J connectivity index is 0.00000392. The van der Waals surface area contributed by atoms with Gasteiger partial charge in [0.2, 0.25) is 0 Å². The maximum Gasteiger partial charge on any atom is 1.00 e. The summed E-state index contributed by atoms with van der Waals surface area (Å²) in [6.45, 7) is 5.84. The van der Waals surface area contributed by atoms with Gasteiger partial charge in [0.15, 0.2) is 0 Å². The number of hydrogen-bond acceptors (Lipinski definition) is 2. The summed E-state index contributed by atoms with van der Waals surface area (Å²) in [7, 11) is 0. The molecule has 0 N–H and O–H groups in total. The van der Waals surface area contributed by atoms with Crippen molar-refractivity contribution in [1.29, 1.82) is 0 Å². The van der Waals surface area contributed by atoms with Crippen molar-refractivity contribution in [2.75, 3.05) is 6.54 Å². The van der Waals surface area contributed by atoms with E-state index in [1.807, 2.05) is 36.4 Å². The van der Waals surface area contributed by atoms with Crippen molar-refractivity contribution >= 4 is 23.5 Å². The Morgan fingerprint density at radius 2 is 1.61 bits per heavy atom. The van der Waals surface area contributed by atoms with Gasteiger partial charge in [0.1, 0.15) is 5.75 Å². The first-order valence-electron chi connectivity index (χ1n) is 8.51. The van der Waals surface area contributed by atoms with E-state index in [-0.39, 0.29) is 48.0 Å². The monoisotopic (exact) mass is 439 g/mol. The summed E-state index contributed by atoms with van der Waals surface area (Å²) >= 11 is 5.52. The van der Waals surface area contributed by atoms with E-state index >= 15 is 0 Å². The van der Waals surface area contributed by atoms with E-state index in [0.717, 1.165) is 5.56 Å².